The van der Waals surface area contributed by atoms with Crippen LogP contribution in [0.2, 0.25) is 0 Å². The van der Waals surface area contributed by atoms with Crippen molar-refractivity contribution in [2.75, 3.05) is 7.11 Å². The minimum atomic E-state index is 0.308. The second-order valence-electron chi connectivity index (χ2n) is 10.5. The number of fused-ring (bicyclic) bond motifs is 4. The minimum Gasteiger partial charge on any atom is -0.381 e. The number of nitrogens with zero attached hydrogens (tertiary/aromatic N) is 2. The third kappa shape index (κ3) is 1.60. The van der Waals surface area contributed by atoms with Crippen molar-refractivity contribution >= 4 is 5.70 Å². The summed E-state index contributed by atoms with van der Waals surface area (Å²) in [7, 11) is 1.99. The lowest BCUT2D eigenvalue weighted by Crippen LogP contribution is -2.56. The zero-order chi connectivity index (χ0) is 17.7. The van der Waals surface area contributed by atoms with Crippen LogP contribution in [0.3, 0.4) is 0 Å². The van der Waals surface area contributed by atoms with Crippen LogP contribution in [-0.4, -0.2) is 22.8 Å². The van der Waals surface area contributed by atoms with E-state index in [2.05, 4.69) is 35.7 Å². The molecule has 4 fully saturated rings. The van der Waals surface area contributed by atoms with Crippen LogP contribution in [0, 0.1) is 39.9 Å². The van der Waals surface area contributed by atoms with E-state index in [1.165, 1.54) is 50.6 Å². The highest BCUT2D eigenvalue weighted by Crippen LogP contribution is 2.82. The van der Waals surface area contributed by atoms with E-state index in [4.69, 9.17) is 4.74 Å². The second-order valence-corrected chi connectivity index (χ2v) is 10.5. The molecule has 1 aromatic rings. The summed E-state index contributed by atoms with van der Waals surface area (Å²) in [6.45, 7) is 5.19. The lowest BCUT2D eigenvalue weighted by Gasteiger charge is -2.60. The zero-order valence-corrected chi connectivity index (χ0v) is 16.4. The van der Waals surface area contributed by atoms with E-state index in [-0.39, 0.29) is 0 Å². The maximum absolute atomic E-state index is 6.21. The smallest absolute Gasteiger partial charge is 0.0989 e. The Kier molecular flexibility index (Phi) is 2.96. The largest absolute Gasteiger partial charge is 0.381 e. The predicted octanol–water partition coefficient (Wildman–Crippen LogP) is 5.00. The molecule has 6 rings (SSSR count). The lowest BCUT2D eigenvalue weighted by atomic mass is 9.46. The van der Waals surface area contributed by atoms with Crippen LogP contribution in [0.15, 0.2) is 24.8 Å². The summed E-state index contributed by atoms with van der Waals surface area (Å²) in [6, 6.07) is 0. The summed E-state index contributed by atoms with van der Waals surface area (Å²) in [5.74, 6) is 3.49. The van der Waals surface area contributed by atoms with E-state index in [9.17, 15) is 0 Å². The Morgan fingerprint density at radius 2 is 2.08 bits per heavy atom. The number of imidazole rings is 1. The van der Waals surface area contributed by atoms with E-state index in [1.54, 1.807) is 0 Å². The van der Waals surface area contributed by atoms with Gasteiger partial charge in [0.25, 0.3) is 0 Å². The zero-order valence-electron chi connectivity index (χ0n) is 16.4. The molecule has 26 heavy (non-hydrogen) atoms. The summed E-state index contributed by atoms with van der Waals surface area (Å²) < 4.78 is 8.50. The number of allylic oxidation sites excluding steroid dienone is 2. The summed E-state index contributed by atoms with van der Waals surface area (Å²) >= 11 is 0. The normalized spacial score (nSPS) is 54.1. The molecule has 0 bridgehead atoms. The molecule has 4 saturated carbocycles. The Balaban J connectivity index is 1.38. The van der Waals surface area contributed by atoms with Crippen molar-refractivity contribution in [3.63, 3.8) is 0 Å². The van der Waals surface area contributed by atoms with Crippen LogP contribution >= 0.6 is 0 Å². The van der Waals surface area contributed by atoms with E-state index >= 15 is 0 Å². The predicted molar refractivity (Wildman–Crippen MR) is 102 cm³/mol. The van der Waals surface area contributed by atoms with Crippen molar-refractivity contribution < 1.29 is 4.74 Å². The molecule has 1 spiro atoms. The number of hydrogen-bond donors (Lipinski definition) is 0. The number of rotatable bonds is 2. The van der Waals surface area contributed by atoms with Crippen LogP contribution in [0.25, 0.3) is 5.70 Å². The quantitative estimate of drug-likeness (QED) is 0.749. The third-order valence-electron chi connectivity index (χ3n) is 10.2. The molecular formula is C23H32N2O. The fourth-order valence-electron chi connectivity index (χ4n) is 8.93. The molecule has 0 amide bonds. The van der Waals surface area contributed by atoms with Gasteiger partial charge in [0.1, 0.15) is 0 Å². The fourth-order valence-corrected chi connectivity index (χ4v) is 8.93. The Morgan fingerprint density at radius 1 is 1.19 bits per heavy atom. The monoisotopic (exact) mass is 352 g/mol. The highest BCUT2D eigenvalue weighted by atomic mass is 16.5. The van der Waals surface area contributed by atoms with E-state index in [0.29, 0.717) is 22.3 Å². The summed E-state index contributed by atoms with van der Waals surface area (Å²) in [6.07, 6.45) is 18.7. The Hall–Kier alpha value is -1.09. The second kappa shape index (κ2) is 4.84. The topological polar surface area (TPSA) is 27.1 Å². The van der Waals surface area contributed by atoms with Gasteiger partial charge in [-0.1, -0.05) is 19.9 Å². The molecule has 1 heterocycles. The number of aromatic nitrogens is 2. The van der Waals surface area contributed by atoms with Crippen molar-refractivity contribution in [2.24, 2.45) is 39.9 Å². The molecule has 5 aliphatic carbocycles. The van der Waals surface area contributed by atoms with Crippen molar-refractivity contribution in [2.45, 2.75) is 64.9 Å². The SMILES string of the molecule is COC1C[C@H]2[C@@H]3CC=C(n4ccnc4)[C@@]3(C)CC[C@@H]2[C@@]2(C)CCC3CC312. The van der Waals surface area contributed by atoms with Gasteiger partial charge in [-0.15, -0.1) is 0 Å². The highest BCUT2D eigenvalue weighted by molar-refractivity contribution is 5.56. The van der Waals surface area contributed by atoms with Gasteiger partial charge in [0, 0.05) is 36.0 Å². The van der Waals surface area contributed by atoms with Crippen LogP contribution in [0.4, 0.5) is 0 Å². The van der Waals surface area contributed by atoms with Crippen molar-refractivity contribution in [3.05, 3.63) is 24.8 Å². The molecule has 3 unspecified atom stereocenters. The van der Waals surface area contributed by atoms with Gasteiger partial charge >= 0.3 is 0 Å². The standard InChI is InChI=1S/C23H32N2O/c1-21-8-7-18-16(17(21)4-5-19(21)25-11-10-24-14-25)12-20(26-3)23-13-15(23)6-9-22(18,23)2/h5,10-11,14-18,20H,4,6-9,12-13H2,1-3H3/t15?,16-,17-,18-,20?,21-,22+,23?/m0/s1. The highest BCUT2D eigenvalue weighted by Gasteiger charge is 2.77. The number of hydrogen-bond acceptors (Lipinski definition) is 2. The van der Waals surface area contributed by atoms with Crippen molar-refractivity contribution in [1.82, 2.24) is 9.55 Å². The summed E-state index contributed by atoms with van der Waals surface area (Å²) in [4.78, 5) is 4.31. The van der Waals surface area contributed by atoms with Gasteiger partial charge in [-0.25, -0.2) is 4.98 Å². The first kappa shape index (κ1) is 15.9. The molecule has 0 radical (unpaired) electrons. The van der Waals surface area contributed by atoms with Crippen LogP contribution in [0.1, 0.15) is 58.8 Å². The average Bonchev–Trinajstić information content (AvgIpc) is 2.95. The molecule has 3 heteroatoms. The average molecular weight is 353 g/mol. The van der Waals surface area contributed by atoms with Gasteiger partial charge in [0.15, 0.2) is 0 Å². The van der Waals surface area contributed by atoms with Crippen molar-refractivity contribution in [1.29, 1.82) is 0 Å². The molecule has 140 valence electrons. The third-order valence-corrected chi connectivity index (χ3v) is 10.2. The maximum atomic E-state index is 6.21. The first-order valence-corrected chi connectivity index (χ1v) is 10.8. The van der Waals surface area contributed by atoms with E-state index in [1.807, 2.05) is 19.6 Å². The molecule has 0 saturated heterocycles. The van der Waals surface area contributed by atoms with Crippen LogP contribution in [0.5, 0.6) is 0 Å². The Bertz CT molecular complexity index is 769. The van der Waals surface area contributed by atoms with Crippen molar-refractivity contribution in [3.8, 4) is 0 Å². The first-order chi connectivity index (χ1) is 12.5. The van der Waals surface area contributed by atoms with Gasteiger partial charge < -0.3 is 9.30 Å². The maximum Gasteiger partial charge on any atom is 0.0989 e. The Labute approximate surface area is 157 Å². The van der Waals surface area contributed by atoms with Gasteiger partial charge in [-0.3, -0.25) is 0 Å². The Morgan fingerprint density at radius 3 is 2.81 bits per heavy atom. The van der Waals surface area contributed by atoms with Gasteiger partial charge in [-0.2, -0.15) is 0 Å². The molecule has 1 aromatic heterocycles. The van der Waals surface area contributed by atoms with Gasteiger partial charge in [-0.05, 0) is 74.0 Å². The van der Waals surface area contributed by atoms with Crippen LogP contribution < -0.4 is 0 Å². The molecule has 0 aromatic carbocycles. The van der Waals surface area contributed by atoms with E-state index in [0.717, 1.165) is 23.7 Å². The molecular weight excluding hydrogens is 320 g/mol. The summed E-state index contributed by atoms with van der Waals surface area (Å²) in [5.41, 5.74) is 2.88. The summed E-state index contributed by atoms with van der Waals surface area (Å²) in [5, 5.41) is 0. The molecule has 0 N–H and O–H groups in total. The molecule has 3 nitrogen and oxygen atoms in total. The molecule has 8 atom stereocenters. The van der Waals surface area contributed by atoms with Gasteiger partial charge in [0.2, 0.25) is 0 Å². The number of methoxy groups -OCH3 is 1. The first-order valence-electron chi connectivity index (χ1n) is 10.8. The number of ether oxygens (including phenoxy) is 1. The fraction of sp³-hybridized carbons (Fsp3) is 0.783. The van der Waals surface area contributed by atoms with Crippen LogP contribution in [-0.2, 0) is 4.74 Å². The minimum absolute atomic E-state index is 0.308. The lowest BCUT2D eigenvalue weighted by molar-refractivity contribution is -0.151. The molecule has 0 aliphatic heterocycles. The molecule has 5 aliphatic rings. The van der Waals surface area contributed by atoms with Gasteiger partial charge in [0.05, 0.1) is 12.4 Å². The van der Waals surface area contributed by atoms with E-state index < -0.39 is 0 Å².